The Balaban J connectivity index is 1.96. The molecule has 0 aromatic heterocycles. The van der Waals surface area contributed by atoms with E-state index in [1.54, 1.807) is 18.2 Å². The van der Waals surface area contributed by atoms with Crippen LogP contribution in [0.25, 0.3) is 0 Å². The first-order chi connectivity index (χ1) is 12.5. The van der Waals surface area contributed by atoms with Gasteiger partial charge in [-0.05, 0) is 36.8 Å². The molecule has 0 heterocycles. The van der Waals surface area contributed by atoms with Gasteiger partial charge in [0.15, 0.2) is 18.1 Å². The summed E-state index contributed by atoms with van der Waals surface area (Å²) in [6.45, 7) is -1.35. The molecule has 0 aliphatic rings. The standard InChI is InChI=1S/C18H18F2N2O4/c1-12-5-3-7-14(9-12)25-11-16(23)22-21-10-13-6-4-8-15(24-2)17(13)26-18(19)20/h3-10,18H,11H2,1-2H3,(H,22,23)/b21-10-. The maximum atomic E-state index is 12.5. The average Bonchev–Trinajstić information content (AvgIpc) is 2.61. The van der Waals surface area contributed by atoms with Crippen LogP contribution in [0.4, 0.5) is 8.78 Å². The first-order valence-electron chi connectivity index (χ1n) is 7.62. The van der Waals surface area contributed by atoms with Crippen LogP contribution >= 0.6 is 0 Å². The molecule has 8 heteroatoms. The molecule has 0 aliphatic heterocycles. The van der Waals surface area contributed by atoms with Crippen molar-refractivity contribution in [1.82, 2.24) is 5.43 Å². The molecule has 0 spiro atoms. The maximum Gasteiger partial charge on any atom is 0.387 e. The van der Waals surface area contributed by atoms with E-state index in [1.807, 2.05) is 19.1 Å². The lowest BCUT2D eigenvalue weighted by Crippen LogP contribution is -2.24. The summed E-state index contributed by atoms with van der Waals surface area (Å²) >= 11 is 0. The van der Waals surface area contributed by atoms with E-state index in [-0.39, 0.29) is 23.7 Å². The average molecular weight is 364 g/mol. The summed E-state index contributed by atoms with van der Waals surface area (Å²) < 4.78 is 39.9. The van der Waals surface area contributed by atoms with Gasteiger partial charge in [0.05, 0.1) is 13.3 Å². The van der Waals surface area contributed by atoms with Gasteiger partial charge in [0.2, 0.25) is 0 Å². The number of alkyl halides is 2. The van der Waals surface area contributed by atoms with E-state index >= 15 is 0 Å². The van der Waals surface area contributed by atoms with Crippen molar-refractivity contribution in [2.45, 2.75) is 13.5 Å². The van der Waals surface area contributed by atoms with Gasteiger partial charge in [-0.15, -0.1) is 0 Å². The van der Waals surface area contributed by atoms with E-state index < -0.39 is 12.5 Å². The second-order valence-corrected chi connectivity index (χ2v) is 5.16. The third-order valence-corrected chi connectivity index (χ3v) is 3.19. The van der Waals surface area contributed by atoms with Gasteiger partial charge in [-0.1, -0.05) is 18.2 Å². The molecule has 0 radical (unpaired) electrons. The number of carbonyl (C=O) groups is 1. The Morgan fingerprint density at radius 3 is 2.73 bits per heavy atom. The minimum absolute atomic E-state index is 0.128. The van der Waals surface area contributed by atoms with Gasteiger partial charge in [0, 0.05) is 5.56 Å². The van der Waals surface area contributed by atoms with Crippen molar-refractivity contribution in [1.29, 1.82) is 0 Å². The van der Waals surface area contributed by atoms with Crippen LogP contribution in [0.1, 0.15) is 11.1 Å². The molecule has 2 rings (SSSR count). The molecule has 0 fully saturated rings. The smallest absolute Gasteiger partial charge is 0.387 e. The van der Waals surface area contributed by atoms with Gasteiger partial charge < -0.3 is 14.2 Å². The number of hydrogen-bond donors (Lipinski definition) is 1. The summed E-state index contributed by atoms with van der Waals surface area (Å²) in [4.78, 5) is 11.8. The molecular weight excluding hydrogens is 346 g/mol. The predicted octanol–water partition coefficient (Wildman–Crippen LogP) is 3.13. The lowest BCUT2D eigenvalue weighted by Gasteiger charge is -2.12. The van der Waals surface area contributed by atoms with Crippen molar-refractivity contribution in [3.8, 4) is 17.2 Å². The van der Waals surface area contributed by atoms with E-state index in [2.05, 4.69) is 15.3 Å². The van der Waals surface area contributed by atoms with Crippen LogP contribution in [0.5, 0.6) is 17.2 Å². The second-order valence-electron chi connectivity index (χ2n) is 5.16. The second kappa shape index (κ2) is 9.36. The van der Waals surface area contributed by atoms with Crippen LogP contribution in [-0.4, -0.2) is 32.4 Å². The number of benzene rings is 2. The van der Waals surface area contributed by atoms with E-state index in [9.17, 15) is 13.6 Å². The number of nitrogens with one attached hydrogen (secondary N) is 1. The molecule has 0 unspecified atom stereocenters. The molecule has 1 amide bonds. The minimum Gasteiger partial charge on any atom is -0.493 e. The number of amides is 1. The fourth-order valence-electron chi connectivity index (χ4n) is 2.07. The highest BCUT2D eigenvalue weighted by Crippen LogP contribution is 2.31. The number of carbonyl (C=O) groups excluding carboxylic acids is 1. The first kappa shape index (κ1) is 19.2. The Bertz CT molecular complexity index is 782. The molecule has 138 valence electrons. The van der Waals surface area contributed by atoms with E-state index in [0.717, 1.165) is 5.56 Å². The van der Waals surface area contributed by atoms with E-state index in [4.69, 9.17) is 9.47 Å². The summed E-state index contributed by atoms with van der Waals surface area (Å²) in [5.41, 5.74) is 3.49. The zero-order valence-corrected chi connectivity index (χ0v) is 14.2. The number of hydrazone groups is 1. The highest BCUT2D eigenvalue weighted by atomic mass is 19.3. The number of aryl methyl sites for hydroxylation is 1. The molecule has 0 saturated carbocycles. The Morgan fingerprint density at radius 1 is 1.27 bits per heavy atom. The molecule has 0 bridgehead atoms. The lowest BCUT2D eigenvalue weighted by molar-refractivity contribution is -0.123. The molecule has 0 aliphatic carbocycles. The lowest BCUT2D eigenvalue weighted by atomic mass is 10.2. The van der Waals surface area contributed by atoms with Gasteiger partial charge in [-0.2, -0.15) is 13.9 Å². The molecule has 1 N–H and O–H groups in total. The predicted molar refractivity (Wildman–Crippen MR) is 92.0 cm³/mol. The van der Waals surface area contributed by atoms with Gasteiger partial charge >= 0.3 is 6.61 Å². The number of hydrogen-bond acceptors (Lipinski definition) is 5. The summed E-state index contributed by atoms with van der Waals surface area (Å²) in [5.74, 6) is 0.0221. The van der Waals surface area contributed by atoms with Crippen molar-refractivity contribution in [2.75, 3.05) is 13.7 Å². The van der Waals surface area contributed by atoms with Crippen molar-refractivity contribution in [3.63, 3.8) is 0 Å². The number of halogens is 2. The van der Waals surface area contributed by atoms with Crippen LogP contribution in [-0.2, 0) is 4.79 Å². The topological polar surface area (TPSA) is 69.2 Å². The van der Waals surface area contributed by atoms with Crippen molar-refractivity contribution in [3.05, 3.63) is 53.6 Å². The third-order valence-electron chi connectivity index (χ3n) is 3.19. The maximum absolute atomic E-state index is 12.5. The largest absolute Gasteiger partial charge is 0.493 e. The number of methoxy groups -OCH3 is 1. The molecule has 2 aromatic carbocycles. The summed E-state index contributed by atoms with van der Waals surface area (Å²) in [6.07, 6.45) is 1.19. The zero-order valence-electron chi connectivity index (χ0n) is 14.2. The fraction of sp³-hybridized carbons (Fsp3) is 0.222. The number of nitrogens with zero attached hydrogens (tertiary/aromatic N) is 1. The molecule has 6 nitrogen and oxygen atoms in total. The van der Waals surface area contributed by atoms with E-state index in [0.29, 0.717) is 5.75 Å². The highest BCUT2D eigenvalue weighted by molar-refractivity contribution is 5.86. The summed E-state index contributed by atoms with van der Waals surface area (Å²) in [6, 6.07) is 11.8. The monoisotopic (exact) mass is 364 g/mol. The Kier molecular flexibility index (Phi) is 6.90. The summed E-state index contributed by atoms with van der Waals surface area (Å²) in [5, 5.41) is 3.73. The SMILES string of the molecule is COc1cccc(/C=N\NC(=O)COc2cccc(C)c2)c1OC(F)F. The van der Waals surface area contributed by atoms with Crippen molar-refractivity contribution in [2.24, 2.45) is 5.10 Å². The van der Waals surface area contributed by atoms with E-state index in [1.165, 1.54) is 25.5 Å². The molecule has 26 heavy (non-hydrogen) atoms. The molecule has 0 saturated heterocycles. The van der Waals surface area contributed by atoms with Crippen LogP contribution in [0.15, 0.2) is 47.6 Å². The van der Waals surface area contributed by atoms with Gasteiger partial charge in [0.1, 0.15) is 5.75 Å². The first-order valence-corrected chi connectivity index (χ1v) is 7.62. The number of ether oxygens (including phenoxy) is 3. The van der Waals surface area contributed by atoms with Crippen LogP contribution < -0.4 is 19.6 Å². The normalized spacial score (nSPS) is 10.8. The Labute approximate surface area is 149 Å². The molecular formula is C18H18F2N2O4. The van der Waals surface area contributed by atoms with Gasteiger partial charge in [0.25, 0.3) is 5.91 Å². The van der Waals surface area contributed by atoms with Gasteiger partial charge in [-0.3, -0.25) is 4.79 Å². The minimum atomic E-state index is -3.02. The van der Waals surface area contributed by atoms with Crippen LogP contribution in [0, 0.1) is 6.92 Å². The molecule has 0 atom stereocenters. The quantitative estimate of drug-likeness (QED) is 0.577. The summed E-state index contributed by atoms with van der Waals surface area (Å²) in [7, 11) is 1.33. The van der Waals surface area contributed by atoms with Crippen molar-refractivity contribution < 1.29 is 27.8 Å². The number of rotatable bonds is 8. The highest BCUT2D eigenvalue weighted by Gasteiger charge is 2.14. The Hall–Kier alpha value is -3.16. The van der Waals surface area contributed by atoms with Crippen LogP contribution in [0.2, 0.25) is 0 Å². The Morgan fingerprint density at radius 2 is 2.04 bits per heavy atom. The molecule has 2 aromatic rings. The van der Waals surface area contributed by atoms with Crippen molar-refractivity contribution >= 4 is 12.1 Å². The fourth-order valence-corrected chi connectivity index (χ4v) is 2.07. The zero-order chi connectivity index (χ0) is 18.9. The van der Waals surface area contributed by atoms with Crippen LogP contribution in [0.3, 0.4) is 0 Å². The number of para-hydroxylation sites is 1. The third kappa shape index (κ3) is 5.73. The van der Waals surface area contributed by atoms with Gasteiger partial charge in [-0.25, -0.2) is 5.43 Å².